The van der Waals surface area contributed by atoms with Crippen LogP contribution in [0.5, 0.6) is 0 Å². The second-order valence-electron chi connectivity index (χ2n) is 6.91. The third-order valence-electron chi connectivity index (χ3n) is 5.32. The predicted molar refractivity (Wildman–Crippen MR) is 108 cm³/mol. The predicted octanol–water partition coefficient (Wildman–Crippen LogP) is 3.89. The van der Waals surface area contributed by atoms with Crippen molar-refractivity contribution < 1.29 is 8.42 Å². The second-order valence-corrected chi connectivity index (χ2v) is 8.61. The van der Waals surface area contributed by atoms with Crippen LogP contribution in [0.1, 0.15) is 33.4 Å². The molecule has 1 heterocycles. The van der Waals surface area contributed by atoms with E-state index in [0.717, 1.165) is 39.1 Å². The van der Waals surface area contributed by atoms with Gasteiger partial charge >= 0.3 is 0 Å². The summed E-state index contributed by atoms with van der Waals surface area (Å²) >= 11 is 0. The third kappa shape index (κ3) is 3.68. The molecular weight excluding hydrogens is 358 g/mol. The second kappa shape index (κ2) is 7.29. The van der Waals surface area contributed by atoms with Crippen molar-refractivity contribution in [3.63, 3.8) is 0 Å². The van der Waals surface area contributed by atoms with Gasteiger partial charge < -0.3 is 0 Å². The van der Waals surface area contributed by atoms with Crippen LogP contribution in [0.3, 0.4) is 0 Å². The molecule has 0 aliphatic heterocycles. The van der Waals surface area contributed by atoms with Crippen molar-refractivity contribution in [2.45, 2.75) is 46.1 Å². The number of para-hydroxylation sites is 1. The van der Waals surface area contributed by atoms with Crippen molar-refractivity contribution >= 4 is 10.0 Å². The fourth-order valence-corrected chi connectivity index (χ4v) is 4.91. The zero-order valence-corrected chi connectivity index (χ0v) is 17.2. The summed E-state index contributed by atoms with van der Waals surface area (Å²) in [5.74, 6) is 0. The fourth-order valence-electron chi connectivity index (χ4n) is 3.29. The number of sulfonamides is 1. The van der Waals surface area contributed by atoms with Gasteiger partial charge in [-0.2, -0.15) is 5.10 Å². The number of nitrogens with one attached hydrogen (secondary N) is 1. The normalized spacial score (nSPS) is 11.7. The molecule has 0 unspecified atom stereocenters. The molecule has 1 aromatic heterocycles. The minimum atomic E-state index is -3.62. The molecule has 0 bridgehead atoms. The Morgan fingerprint density at radius 1 is 0.889 bits per heavy atom. The van der Waals surface area contributed by atoms with E-state index in [9.17, 15) is 8.42 Å². The molecule has 0 aliphatic carbocycles. The minimum absolute atomic E-state index is 0.194. The monoisotopic (exact) mass is 383 g/mol. The van der Waals surface area contributed by atoms with Gasteiger partial charge in [0.25, 0.3) is 0 Å². The van der Waals surface area contributed by atoms with Crippen LogP contribution in [0.25, 0.3) is 5.69 Å². The molecule has 0 radical (unpaired) electrons. The molecule has 3 rings (SSSR count). The van der Waals surface area contributed by atoms with Gasteiger partial charge in [0.15, 0.2) is 0 Å². The van der Waals surface area contributed by atoms with Crippen molar-refractivity contribution in [2.24, 2.45) is 0 Å². The van der Waals surface area contributed by atoms with Gasteiger partial charge in [0, 0.05) is 18.3 Å². The first-order chi connectivity index (χ1) is 12.7. The third-order valence-corrected chi connectivity index (χ3v) is 7.00. The van der Waals surface area contributed by atoms with Crippen LogP contribution in [0.15, 0.2) is 47.6 Å². The highest BCUT2D eigenvalue weighted by atomic mass is 32.2. The number of rotatable bonds is 5. The first-order valence-electron chi connectivity index (χ1n) is 8.88. The topological polar surface area (TPSA) is 64.0 Å². The largest absolute Gasteiger partial charge is 0.241 e. The van der Waals surface area contributed by atoms with E-state index in [2.05, 4.69) is 9.82 Å². The zero-order chi connectivity index (χ0) is 19.8. The molecule has 0 saturated heterocycles. The molecule has 5 nitrogen and oxygen atoms in total. The van der Waals surface area contributed by atoms with Gasteiger partial charge in [-0.1, -0.05) is 18.2 Å². The van der Waals surface area contributed by atoms with Crippen molar-refractivity contribution in [3.8, 4) is 5.69 Å². The maximum Gasteiger partial charge on any atom is 0.241 e. The smallest absolute Gasteiger partial charge is 0.241 e. The van der Waals surface area contributed by atoms with Crippen LogP contribution in [-0.4, -0.2) is 18.2 Å². The lowest BCUT2D eigenvalue weighted by Gasteiger charge is -2.18. The van der Waals surface area contributed by atoms with E-state index < -0.39 is 10.0 Å². The Kier molecular flexibility index (Phi) is 5.22. The minimum Gasteiger partial charge on any atom is -0.241 e. The number of aromatic nitrogens is 2. The van der Waals surface area contributed by atoms with Gasteiger partial charge in [-0.05, 0) is 74.6 Å². The highest BCUT2D eigenvalue weighted by molar-refractivity contribution is 7.89. The number of nitrogens with zero attached hydrogens (tertiary/aromatic N) is 2. The molecule has 142 valence electrons. The van der Waals surface area contributed by atoms with Gasteiger partial charge in [0.05, 0.1) is 16.8 Å². The quantitative estimate of drug-likeness (QED) is 0.727. The van der Waals surface area contributed by atoms with E-state index >= 15 is 0 Å². The van der Waals surface area contributed by atoms with E-state index in [4.69, 9.17) is 0 Å². The van der Waals surface area contributed by atoms with Crippen molar-refractivity contribution in [1.82, 2.24) is 14.5 Å². The Morgan fingerprint density at radius 2 is 1.44 bits per heavy atom. The first-order valence-corrected chi connectivity index (χ1v) is 10.4. The van der Waals surface area contributed by atoms with Gasteiger partial charge in [0.2, 0.25) is 10.0 Å². The molecule has 0 saturated carbocycles. The highest BCUT2D eigenvalue weighted by Crippen LogP contribution is 2.29. The summed E-state index contributed by atoms with van der Waals surface area (Å²) < 4.78 is 30.5. The van der Waals surface area contributed by atoms with E-state index in [1.807, 2.05) is 71.1 Å². The zero-order valence-electron chi connectivity index (χ0n) is 16.4. The molecule has 0 amide bonds. The van der Waals surface area contributed by atoms with Crippen LogP contribution in [0.4, 0.5) is 0 Å². The number of benzene rings is 2. The fraction of sp³-hybridized carbons (Fsp3) is 0.286. The Hall–Kier alpha value is -2.44. The van der Waals surface area contributed by atoms with Crippen LogP contribution in [-0.2, 0) is 16.6 Å². The molecule has 1 N–H and O–H groups in total. The van der Waals surface area contributed by atoms with E-state index in [0.29, 0.717) is 4.90 Å². The lowest BCUT2D eigenvalue weighted by Crippen LogP contribution is -2.25. The first kappa shape index (κ1) is 19.3. The molecule has 27 heavy (non-hydrogen) atoms. The van der Waals surface area contributed by atoms with Crippen molar-refractivity contribution in [1.29, 1.82) is 0 Å². The van der Waals surface area contributed by atoms with E-state index in [-0.39, 0.29) is 6.54 Å². The molecule has 0 atom stereocenters. The average molecular weight is 384 g/mol. The average Bonchev–Trinajstić information content (AvgIpc) is 3.13. The lowest BCUT2D eigenvalue weighted by molar-refractivity contribution is 0.579. The summed E-state index contributed by atoms with van der Waals surface area (Å²) in [6.45, 7) is 9.92. The maximum absolute atomic E-state index is 13.0. The van der Waals surface area contributed by atoms with Gasteiger partial charge in [-0.3, -0.25) is 0 Å². The van der Waals surface area contributed by atoms with Crippen LogP contribution in [0, 0.1) is 34.6 Å². The Morgan fingerprint density at radius 3 is 2.04 bits per heavy atom. The SMILES string of the molecule is Cc1c(C)c(C)c(S(=O)(=O)NCc2cnn(-c3ccccc3)c2)c(C)c1C. The van der Waals surface area contributed by atoms with E-state index in [1.54, 1.807) is 10.9 Å². The summed E-state index contributed by atoms with van der Waals surface area (Å²) in [6.07, 6.45) is 3.52. The van der Waals surface area contributed by atoms with Gasteiger partial charge in [0.1, 0.15) is 0 Å². The standard InChI is InChI=1S/C21H25N3O2S/c1-14-15(2)17(4)21(18(5)16(14)3)27(25,26)23-12-19-11-22-24(13-19)20-9-7-6-8-10-20/h6-11,13,23H,12H2,1-5H3. The maximum atomic E-state index is 13.0. The van der Waals surface area contributed by atoms with Crippen LogP contribution < -0.4 is 4.72 Å². The van der Waals surface area contributed by atoms with Gasteiger partial charge in [-0.15, -0.1) is 0 Å². The van der Waals surface area contributed by atoms with E-state index in [1.165, 1.54) is 0 Å². The number of hydrogen-bond acceptors (Lipinski definition) is 3. The summed E-state index contributed by atoms with van der Waals surface area (Å²) in [5.41, 5.74) is 6.55. The summed E-state index contributed by atoms with van der Waals surface area (Å²) in [5, 5.41) is 4.32. The summed E-state index contributed by atoms with van der Waals surface area (Å²) in [7, 11) is -3.62. The molecule has 6 heteroatoms. The summed E-state index contributed by atoms with van der Waals surface area (Å²) in [6, 6.07) is 9.72. The Bertz CT molecular complexity index is 1060. The molecule has 0 aliphatic rings. The number of hydrogen-bond donors (Lipinski definition) is 1. The Balaban J connectivity index is 1.86. The highest BCUT2D eigenvalue weighted by Gasteiger charge is 2.23. The van der Waals surface area contributed by atoms with Gasteiger partial charge in [-0.25, -0.2) is 17.8 Å². The molecule has 0 spiro atoms. The Labute approximate surface area is 161 Å². The molecule has 0 fully saturated rings. The van der Waals surface area contributed by atoms with Crippen molar-refractivity contribution in [2.75, 3.05) is 0 Å². The lowest BCUT2D eigenvalue weighted by atomic mass is 9.95. The van der Waals surface area contributed by atoms with Crippen LogP contribution in [0.2, 0.25) is 0 Å². The van der Waals surface area contributed by atoms with Crippen LogP contribution >= 0.6 is 0 Å². The molecule has 2 aromatic carbocycles. The summed E-state index contributed by atoms with van der Waals surface area (Å²) in [4.78, 5) is 0.388. The molecular formula is C21H25N3O2S. The molecule has 3 aromatic rings. The van der Waals surface area contributed by atoms with Crippen molar-refractivity contribution in [3.05, 3.63) is 76.1 Å².